The molecule has 0 saturated heterocycles. The maximum atomic E-state index is 12.5. The maximum Gasteiger partial charge on any atom is 0.451 e. The lowest BCUT2D eigenvalue weighted by atomic mass is 10.1. The second-order valence-electron chi connectivity index (χ2n) is 5.15. The third-order valence-corrected chi connectivity index (χ3v) is 1.94. The molecule has 1 heterocycles. The standard InChI is InChI=1S/C11H16F3N5O/c1-10(2,3)19-8(20)5-16-7-4-6(15)17-9(18-7)11(12,13)14/h4H,5H2,1-3H3,(H,19,20)(H3,15,16,17,18). The summed E-state index contributed by atoms with van der Waals surface area (Å²) in [6.07, 6.45) is -4.69. The van der Waals surface area contributed by atoms with Crippen LogP contribution < -0.4 is 16.4 Å². The van der Waals surface area contributed by atoms with Crippen LogP contribution in [0.1, 0.15) is 26.6 Å². The van der Waals surface area contributed by atoms with Gasteiger partial charge in [-0.1, -0.05) is 0 Å². The van der Waals surface area contributed by atoms with Crippen molar-refractivity contribution >= 4 is 17.5 Å². The van der Waals surface area contributed by atoms with Crippen molar-refractivity contribution in [1.82, 2.24) is 15.3 Å². The van der Waals surface area contributed by atoms with Gasteiger partial charge in [0.15, 0.2) is 0 Å². The second kappa shape index (κ2) is 5.51. The van der Waals surface area contributed by atoms with E-state index in [1.54, 1.807) is 20.8 Å². The summed E-state index contributed by atoms with van der Waals surface area (Å²) in [6, 6.07) is 1.12. The number of amides is 1. The van der Waals surface area contributed by atoms with E-state index < -0.39 is 17.5 Å². The van der Waals surface area contributed by atoms with Crippen molar-refractivity contribution in [3.8, 4) is 0 Å². The number of rotatable bonds is 3. The molecule has 0 saturated carbocycles. The Bertz CT molecular complexity index is 496. The Morgan fingerprint density at radius 3 is 2.40 bits per heavy atom. The number of halogens is 3. The molecular weight excluding hydrogens is 275 g/mol. The van der Waals surface area contributed by atoms with Crippen molar-refractivity contribution in [2.45, 2.75) is 32.5 Å². The van der Waals surface area contributed by atoms with Gasteiger partial charge in [0, 0.05) is 11.6 Å². The number of nitrogens with one attached hydrogen (secondary N) is 2. The van der Waals surface area contributed by atoms with Gasteiger partial charge in [-0.05, 0) is 20.8 Å². The zero-order chi connectivity index (χ0) is 15.6. The van der Waals surface area contributed by atoms with Crippen LogP contribution in [0.25, 0.3) is 0 Å². The topological polar surface area (TPSA) is 92.9 Å². The van der Waals surface area contributed by atoms with E-state index in [9.17, 15) is 18.0 Å². The molecule has 0 atom stereocenters. The van der Waals surface area contributed by atoms with Gasteiger partial charge in [-0.15, -0.1) is 0 Å². The van der Waals surface area contributed by atoms with Crippen molar-refractivity contribution < 1.29 is 18.0 Å². The normalized spacial score (nSPS) is 12.1. The third-order valence-electron chi connectivity index (χ3n) is 1.94. The molecule has 1 amide bonds. The van der Waals surface area contributed by atoms with Crippen molar-refractivity contribution in [1.29, 1.82) is 0 Å². The van der Waals surface area contributed by atoms with Crippen molar-refractivity contribution in [3.63, 3.8) is 0 Å². The molecule has 0 fully saturated rings. The van der Waals surface area contributed by atoms with Crippen LogP contribution in [0.2, 0.25) is 0 Å². The summed E-state index contributed by atoms with van der Waals surface area (Å²) in [5, 5.41) is 5.13. The van der Waals surface area contributed by atoms with Crippen molar-refractivity contribution in [2.24, 2.45) is 0 Å². The highest BCUT2D eigenvalue weighted by Gasteiger charge is 2.35. The van der Waals surface area contributed by atoms with Gasteiger partial charge in [-0.25, -0.2) is 9.97 Å². The summed E-state index contributed by atoms with van der Waals surface area (Å²) in [6.45, 7) is 5.14. The minimum absolute atomic E-state index is 0.158. The summed E-state index contributed by atoms with van der Waals surface area (Å²) < 4.78 is 37.4. The fourth-order valence-electron chi connectivity index (χ4n) is 1.32. The van der Waals surface area contributed by atoms with E-state index in [0.29, 0.717) is 0 Å². The first-order valence-corrected chi connectivity index (χ1v) is 5.74. The number of alkyl halides is 3. The van der Waals surface area contributed by atoms with Crippen LogP contribution in [0.4, 0.5) is 24.8 Å². The molecule has 0 bridgehead atoms. The fraction of sp³-hybridized carbons (Fsp3) is 0.545. The number of carbonyl (C=O) groups is 1. The number of nitrogen functional groups attached to an aromatic ring is 1. The number of anilines is 2. The van der Waals surface area contributed by atoms with Gasteiger partial charge < -0.3 is 16.4 Å². The molecule has 0 radical (unpaired) electrons. The van der Waals surface area contributed by atoms with Crippen LogP contribution >= 0.6 is 0 Å². The average molecular weight is 291 g/mol. The first kappa shape index (κ1) is 16.0. The van der Waals surface area contributed by atoms with Crippen LogP contribution in [0.5, 0.6) is 0 Å². The van der Waals surface area contributed by atoms with E-state index in [1.807, 2.05) is 0 Å². The smallest absolute Gasteiger partial charge is 0.384 e. The molecule has 0 spiro atoms. The van der Waals surface area contributed by atoms with E-state index in [1.165, 1.54) is 0 Å². The summed E-state index contributed by atoms with van der Waals surface area (Å²) in [5.41, 5.74) is 4.84. The predicted octanol–water partition coefficient (Wildman–Crippen LogP) is 1.40. The molecule has 0 aliphatic carbocycles. The van der Waals surface area contributed by atoms with E-state index in [2.05, 4.69) is 20.6 Å². The molecule has 112 valence electrons. The van der Waals surface area contributed by atoms with Crippen LogP contribution in [0.15, 0.2) is 6.07 Å². The maximum absolute atomic E-state index is 12.5. The lowest BCUT2D eigenvalue weighted by Crippen LogP contribution is -2.43. The van der Waals surface area contributed by atoms with E-state index in [4.69, 9.17) is 5.73 Å². The summed E-state index contributed by atoms with van der Waals surface area (Å²) in [5.74, 6) is -2.21. The Labute approximate surface area is 114 Å². The lowest BCUT2D eigenvalue weighted by molar-refractivity contribution is -0.144. The molecule has 1 rings (SSSR count). The number of hydrogen-bond acceptors (Lipinski definition) is 5. The lowest BCUT2D eigenvalue weighted by Gasteiger charge is -2.20. The molecule has 0 aliphatic rings. The molecular formula is C11H16F3N5O. The molecule has 20 heavy (non-hydrogen) atoms. The highest BCUT2D eigenvalue weighted by atomic mass is 19.4. The number of hydrogen-bond donors (Lipinski definition) is 3. The summed E-state index contributed by atoms with van der Waals surface area (Å²) >= 11 is 0. The van der Waals surface area contributed by atoms with Gasteiger partial charge in [0.25, 0.3) is 0 Å². The molecule has 0 aliphatic heterocycles. The van der Waals surface area contributed by atoms with E-state index in [0.717, 1.165) is 6.07 Å². The Balaban J connectivity index is 2.74. The monoisotopic (exact) mass is 291 g/mol. The molecule has 6 nitrogen and oxygen atoms in total. The Morgan fingerprint density at radius 2 is 1.90 bits per heavy atom. The molecule has 0 aromatic carbocycles. The Hall–Kier alpha value is -2.06. The predicted molar refractivity (Wildman–Crippen MR) is 67.8 cm³/mol. The number of nitrogens with zero attached hydrogens (tertiary/aromatic N) is 2. The van der Waals surface area contributed by atoms with Gasteiger partial charge in [0.05, 0.1) is 6.54 Å². The zero-order valence-electron chi connectivity index (χ0n) is 11.3. The summed E-state index contributed by atoms with van der Waals surface area (Å²) in [7, 11) is 0. The van der Waals surface area contributed by atoms with Crippen LogP contribution in [0, 0.1) is 0 Å². The van der Waals surface area contributed by atoms with Gasteiger partial charge in [0.1, 0.15) is 11.6 Å². The van der Waals surface area contributed by atoms with Gasteiger partial charge in [-0.3, -0.25) is 4.79 Å². The zero-order valence-corrected chi connectivity index (χ0v) is 11.3. The van der Waals surface area contributed by atoms with Crippen LogP contribution in [-0.4, -0.2) is 28.0 Å². The van der Waals surface area contributed by atoms with Crippen molar-refractivity contribution in [3.05, 3.63) is 11.9 Å². The largest absolute Gasteiger partial charge is 0.451 e. The van der Waals surface area contributed by atoms with Crippen molar-refractivity contribution in [2.75, 3.05) is 17.6 Å². The van der Waals surface area contributed by atoms with Crippen LogP contribution in [0.3, 0.4) is 0 Å². The first-order valence-electron chi connectivity index (χ1n) is 5.74. The molecule has 1 aromatic heterocycles. The first-order chi connectivity index (χ1) is 8.97. The molecule has 1 aromatic rings. The van der Waals surface area contributed by atoms with E-state index in [-0.39, 0.29) is 24.1 Å². The summed E-state index contributed by atoms with van der Waals surface area (Å²) in [4.78, 5) is 17.9. The minimum Gasteiger partial charge on any atom is -0.384 e. The minimum atomic E-state index is -4.69. The molecule has 9 heteroatoms. The van der Waals surface area contributed by atoms with Gasteiger partial charge in [-0.2, -0.15) is 13.2 Å². The molecule has 4 N–H and O–H groups in total. The second-order valence-corrected chi connectivity index (χ2v) is 5.15. The van der Waals surface area contributed by atoms with Gasteiger partial charge >= 0.3 is 6.18 Å². The van der Waals surface area contributed by atoms with Crippen LogP contribution in [-0.2, 0) is 11.0 Å². The Morgan fingerprint density at radius 1 is 1.30 bits per heavy atom. The average Bonchev–Trinajstić information content (AvgIpc) is 2.22. The van der Waals surface area contributed by atoms with Gasteiger partial charge in [0.2, 0.25) is 11.7 Å². The highest BCUT2D eigenvalue weighted by Crippen LogP contribution is 2.27. The quantitative estimate of drug-likeness (QED) is 0.783. The van der Waals surface area contributed by atoms with E-state index >= 15 is 0 Å². The third kappa shape index (κ3) is 5.29. The fourth-order valence-corrected chi connectivity index (χ4v) is 1.32. The highest BCUT2D eigenvalue weighted by molar-refractivity contribution is 5.81. The number of nitrogens with two attached hydrogens (primary N) is 1. The Kier molecular flexibility index (Phi) is 4.41. The number of aromatic nitrogens is 2. The SMILES string of the molecule is CC(C)(C)NC(=O)CNc1cc(N)nc(C(F)(F)F)n1. The molecule has 0 unspecified atom stereocenters. The number of carbonyl (C=O) groups excluding carboxylic acids is 1.